The number of nitrogens with two attached hydrogens (primary N) is 1. The van der Waals surface area contributed by atoms with Gasteiger partial charge in [0.1, 0.15) is 5.75 Å². The molecule has 0 aliphatic heterocycles. The summed E-state index contributed by atoms with van der Waals surface area (Å²) in [7, 11) is 1.53. The lowest BCUT2D eigenvalue weighted by Crippen LogP contribution is -2.25. The van der Waals surface area contributed by atoms with Crippen molar-refractivity contribution in [1.82, 2.24) is 0 Å². The number of rotatable bonds is 3. The maximum absolute atomic E-state index is 9.80. The Hall–Kier alpha value is -0.770. The lowest BCUT2D eigenvalue weighted by atomic mass is 10.0. The van der Waals surface area contributed by atoms with Gasteiger partial charge in [-0.15, -0.1) is 0 Å². The third-order valence-corrected chi connectivity index (χ3v) is 2.36. The minimum Gasteiger partial charge on any atom is -0.496 e. The number of aliphatic hydroxyl groups is 1. The Kier molecular flexibility index (Phi) is 3.75. The van der Waals surface area contributed by atoms with E-state index in [0.717, 1.165) is 0 Å². The van der Waals surface area contributed by atoms with E-state index in [1.807, 2.05) is 0 Å². The molecule has 0 saturated heterocycles. The van der Waals surface area contributed by atoms with Gasteiger partial charge in [-0.1, -0.05) is 17.7 Å². The highest BCUT2D eigenvalue weighted by Gasteiger charge is 2.19. The van der Waals surface area contributed by atoms with Gasteiger partial charge in [0.2, 0.25) is 0 Å². The zero-order valence-corrected chi connectivity index (χ0v) is 8.95. The first-order valence-corrected chi connectivity index (χ1v) is 4.71. The highest BCUT2D eigenvalue weighted by Crippen LogP contribution is 2.32. The molecule has 3 nitrogen and oxygen atoms in total. The number of hydrogen-bond donors (Lipinski definition) is 2. The van der Waals surface area contributed by atoms with Crippen LogP contribution in [0.3, 0.4) is 0 Å². The second-order valence-electron chi connectivity index (χ2n) is 3.16. The van der Waals surface area contributed by atoms with Gasteiger partial charge in [-0.25, -0.2) is 0 Å². The third kappa shape index (κ3) is 2.18. The normalized spacial score (nSPS) is 14.9. The average Bonchev–Trinajstić information content (AvgIpc) is 2.16. The molecule has 78 valence electrons. The summed E-state index contributed by atoms with van der Waals surface area (Å²) >= 11 is 5.95. The van der Waals surface area contributed by atoms with Crippen molar-refractivity contribution in [3.05, 3.63) is 28.8 Å². The molecular formula is C10H14ClNO2. The van der Waals surface area contributed by atoms with Crippen molar-refractivity contribution in [2.75, 3.05) is 7.11 Å². The van der Waals surface area contributed by atoms with Crippen molar-refractivity contribution in [2.24, 2.45) is 5.73 Å². The molecule has 0 bridgehead atoms. The van der Waals surface area contributed by atoms with Crippen LogP contribution in [-0.4, -0.2) is 18.3 Å². The highest BCUT2D eigenvalue weighted by atomic mass is 35.5. The lowest BCUT2D eigenvalue weighted by Gasteiger charge is -2.18. The van der Waals surface area contributed by atoms with Crippen molar-refractivity contribution in [3.8, 4) is 5.75 Å². The minimum absolute atomic E-state index is 0.385. The summed E-state index contributed by atoms with van der Waals surface area (Å²) in [5.74, 6) is 0.558. The average molecular weight is 216 g/mol. The summed E-state index contributed by atoms with van der Waals surface area (Å²) in [6, 6.07) is 4.82. The van der Waals surface area contributed by atoms with E-state index < -0.39 is 6.10 Å². The van der Waals surface area contributed by atoms with Crippen LogP contribution in [0.25, 0.3) is 0 Å². The maximum Gasteiger partial charge on any atom is 0.126 e. The van der Waals surface area contributed by atoms with Crippen LogP contribution < -0.4 is 10.5 Å². The Balaban J connectivity index is 3.16. The van der Waals surface area contributed by atoms with Crippen molar-refractivity contribution >= 4 is 11.6 Å². The molecule has 2 atom stereocenters. The van der Waals surface area contributed by atoms with Crippen molar-refractivity contribution < 1.29 is 9.84 Å². The number of aliphatic hydroxyl groups excluding tert-OH is 1. The summed E-state index contributed by atoms with van der Waals surface area (Å²) < 4.78 is 5.10. The minimum atomic E-state index is -0.807. The topological polar surface area (TPSA) is 55.5 Å². The zero-order chi connectivity index (χ0) is 10.7. The molecule has 0 amide bonds. The van der Waals surface area contributed by atoms with Crippen LogP contribution in [0.1, 0.15) is 18.6 Å². The van der Waals surface area contributed by atoms with Gasteiger partial charge in [0.05, 0.1) is 18.2 Å². The van der Waals surface area contributed by atoms with Gasteiger partial charge in [-0.3, -0.25) is 0 Å². The molecule has 3 N–H and O–H groups in total. The molecule has 0 radical (unpaired) electrons. The highest BCUT2D eigenvalue weighted by molar-refractivity contribution is 6.31. The van der Waals surface area contributed by atoms with E-state index in [-0.39, 0.29) is 6.04 Å². The lowest BCUT2D eigenvalue weighted by molar-refractivity contribution is 0.149. The smallest absolute Gasteiger partial charge is 0.126 e. The Morgan fingerprint density at radius 2 is 2.14 bits per heavy atom. The first-order valence-electron chi connectivity index (χ1n) is 4.34. The number of hydrogen-bond acceptors (Lipinski definition) is 3. The number of benzene rings is 1. The number of ether oxygens (including phenoxy) is 1. The number of methoxy groups -OCH3 is 1. The van der Waals surface area contributed by atoms with E-state index in [9.17, 15) is 5.11 Å². The molecule has 2 unspecified atom stereocenters. The van der Waals surface area contributed by atoms with E-state index in [4.69, 9.17) is 22.1 Å². The van der Waals surface area contributed by atoms with Crippen LogP contribution in [0.4, 0.5) is 0 Å². The molecule has 1 rings (SSSR count). The summed E-state index contributed by atoms with van der Waals surface area (Å²) in [6.45, 7) is 1.72. The molecule has 14 heavy (non-hydrogen) atoms. The molecule has 0 aliphatic rings. The van der Waals surface area contributed by atoms with Crippen molar-refractivity contribution in [2.45, 2.75) is 19.1 Å². The molecule has 0 saturated carbocycles. The first-order chi connectivity index (χ1) is 6.57. The van der Waals surface area contributed by atoms with E-state index in [1.165, 1.54) is 7.11 Å². The van der Waals surface area contributed by atoms with Gasteiger partial charge in [-0.05, 0) is 19.1 Å². The van der Waals surface area contributed by atoms with Gasteiger partial charge in [0, 0.05) is 11.6 Å². The van der Waals surface area contributed by atoms with E-state index in [0.29, 0.717) is 16.3 Å². The van der Waals surface area contributed by atoms with Crippen LogP contribution in [0.2, 0.25) is 5.02 Å². The zero-order valence-electron chi connectivity index (χ0n) is 8.20. The van der Waals surface area contributed by atoms with Gasteiger partial charge in [0.15, 0.2) is 0 Å². The second kappa shape index (κ2) is 4.64. The Labute approximate surface area is 88.4 Å². The van der Waals surface area contributed by atoms with Crippen LogP contribution in [0.5, 0.6) is 5.75 Å². The molecule has 0 fully saturated rings. The summed E-state index contributed by atoms with van der Waals surface area (Å²) in [5.41, 5.74) is 6.14. The molecule has 0 spiro atoms. The molecule has 0 aliphatic carbocycles. The third-order valence-electron chi connectivity index (χ3n) is 2.03. The fourth-order valence-corrected chi connectivity index (χ4v) is 1.52. The molecule has 0 heterocycles. The SMILES string of the molecule is COc1cccc(Cl)c1C(O)C(C)N. The predicted molar refractivity (Wildman–Crippen MR) is 56.6 cm³/mol. The van der Waals surface area contributed by atoms with Crippen LogP contribution >= 0.6 is 11.6 Å². The van der Waals surface area contributed by atoms with Crippen LogP contribution in [0, 0.1) is 0 Å². The fourth-order valence-electron chi connectivity index (χ4n) is 1.25. The molecule has 4 heteroatoms. The number of halogens is 1. The maximum atomic E-state index is 9.80. The predicted octanol–water partition coefficient (Wildman–Crippen LogP) is 1.73. The van der Waals surface area contributed by atoms with E-state index in [2.05, 4.69) is 0 Å². The van der Waals surface area contributed by atoms with Gasteiger partial charge in [0.25, 0.3) is 0 Å². The van der Waals surface area contributed by atoms with Crippen molar-refractivity contribution in [3.63, 3.8) is 0 Å². The Morgan fingerprint density at radius 1 is 1.50 bits per heavy atom. The van der Waals surface area contributed by atoms with Crippen LogP contribution in [-0.2, 0) is 0 Å². The van der Waals surface area contributed by atoms with E-state index in [1.54, 1.807) is 25.1 Å². The van der Waals surface area contributed by atoms with Gasteiger partial charge >= 0.3 is 0 Å². The largest absolute Gasteiger partial charge is 0.496 e. The van der Waals surface area contributed by atoms with E-state index >= 15 is 0 Å². The monoisotopic (exact) mass is 215 g/mol. The first kappa shape index (κ1) is 11.3. The molecular weight excluding hydrogens is 202 g/mol. The molecule has 1 aromatic carbocycles. The van der Waals surface area contributed by atoms with Crippen LogP contribution in [0.15, 0.2) is 18.2 Å². The standard InChI is InChI=1S/C10H14ClNO2/c1-6(12)10(13)9-7(11)4-3-5-8(9)14-2/h3-6,10,13H,12H2,1-2H3. The fraction of sp³-hybridized carbons (Fsp3) is 0.400. The summed E-state index contributed by atoms with van der Waals surface area (Å²) in [6.07, 6.45) is -0.807. The summed E-state index contributed by atoms with van der Waals surface area (Å²) in [4.78, 5) is 0. The second-order valence-corrected chi connectivity index (χ2v) is 3.57. The Bertz CT molecular complexity index is 315. The van der Waals surface area contributed by atoms with Gasteiger partial charge in [-0.2, -0.15) is 0 Å². The van der Waals surface area contributed by atoms with Crippen molar-refractivity contribution in [1.29, 1.82) is 0 Å². The Morgan fingerprint density at radius 3 is 2.64 bits per heavy atom. The molecule has 1 aromatic rings. The molecule has 0 aromatic heterocycles. The van der Waals surface area contributed by atoms with Gasteiger partial charge < -0.3 is 15.6 Å². The quantitative estimate of drug-likeness (QED) is 0.808. The summed E-state index contributed by atoms with van der Waals surface area (Å²) in [5, 5.41) is 10.3.